The number of nitrogens with zero attached hydrogens (tertiary/aromatic N) is 2. The number of nitrogens with one attached hydrogen (secondary N) is 2. The third kappa shape index (κ3) is 5.64. The molecular formula is C13H23IN4S. The Labute approximate surface area is 136 Å². The fourth-order valence-corrected chi connectivity index (χ4v) is 2.43. The molecule has 1 aliphatic carbocycles. The minimum absolute atomic E-state index is 0. The lowest BCUT2D eigenvalue weighted by molar-refractivity contribution is 0.801. The number of rotatable bonds is 5. The van der Waals surface area contributed by atoms with Crippen molar-refractivity contribution in [1.82, 2.24) is 15.6 Å². The van der Waals surface area contributed by atoms with Crippen molar-refractivity contribution in [3.63, 3.8) is 0 Å². The first kappa shape index (κ1) is 16.7. The third-order valence-corrected chi connectivity index (χ3v) is 3.65. The second kappa shape index (κ2) is 8.04. The van der Waals surface area contributed by atoms with Gasteiger partial charge >= 0.3 is 0 Å². The molecule has 0 bridgehead atoms. The Bertz CT molecular complexity index is 413. The van der Waals surface area contributed by atoms with Crippen molar-refractivity contribution < 1.29 is 0 Å². The number of hydrogen-bond acceptors (Lipinski definition) is 3. The molecule has 19 heavy (non-hydrogen) atoms. The third-order valence-electron chi connectivity index (χ3n) is 2.80. The summed E-state index contributed by atoms with van der Waals surface area (Å²) in [4.78, 5) is 9.17. The van der Waals surface area contributed by atoms with Crippen LogP contribution in [0.4, 0.5) is 0 Å². The molecule has 6 heteroatoms. The van der Waals surface area contributed by atoms with Crippen molar-refractivity contribution in [2.75, 3.05) is 6.54 Å². The van der Waals surface area contributed by atoms with Crippen LogP contribution in [0.3, 0.4) is 0 Å². The Morgan fingerprint density at radius 3 is 2.79 bits per heavy atom. The zero-order valence-electron chi connectivity index (χ0n) is 11.8. The molecule has 0 aromatic carbocycles. The van der Waals surface area contributed by atoms with Crippen LogP contribution >= 0.6 is 35.3 Å². The van der Waals surface area contributed by atoms with Gasteiger partial charge in [-0.05, 0) is 25.7 Å². The van der Waals surface area contributed by atoms with Gasteiger partial charge in [-0.15, -0.1) is 35.3 Å². The number of halogens is 1. The van der Waals surface area contributed by atoms with Crippen LogP contribution in [0.2, 0.25) is 0 Å². The molecule has 1 fully saturated rings. The van der Waals surface area contributed by atoms with Gasteiger partial charge in [0.2, 0.25) is 0 Å². The van der Waals surface area contributed by atoms with Gasteiger partial charge in [0.25, 0.3) is 0 Å². The van der Waals surface area contributed by atoms with Crippen LogP contribution in [0, 0.1) is 0 Å². The predicted octanol–water partition coefficient (Wildman–Crippen LogP) is 3.10. The molecule has 1 heterocycles. The molecule has 1 aromatic heterocycles. The lowest BCUT2D eigenvalue weighted by Crippen LogP contribution is -2.38. The van der Waals surface area contributed by atoms with E-state index < -0.39 is 0 Å². The molecule has 0 unspecified atom stereocenters. The smallest absolute Gasteiger partial charge is 0.191 e. The van der Waals surface area contributed by atoms with E-state index in [1.807, 2.05) is 0 Å². The zero-order chi connectivity index (χ0) is 13.0. The average molecular weight is 394 g/mol. The largest absolute Gasteiger partial charge is 0.357 e. The second-order valence-corrected chi connectivity index (χ2v) is 5.88. The Morgan fingerprint density at radius 1 is 1.53 bits per heavy atom. The number of hydrogen-bond donors (Lipinski definition) is 2. The van der Waals surface area contributed by atoms with Crippen LogP contribution in [0.25, 0.3) is 0 Å². The van der Waals surface area contributed by atoms with E-state index in [2.05, 4.69) is 46.8 Å². The normalized spacial score (nSPS) is 15.3. The van der Waals surface area contributed by atoms with Gasteiger partial charge in [0.15, 0.2) is 5.96 Å². The van der Waals surface area contributed by atoms with Gasteiger partial charge in [-0.25, -0.2) is 9.98 Å². The summed E-state index contributed by atoms with van der Waals surface area (Å²) < 4.78 is 0. The highest BCUT2D eigenvalue weighted by Gasteiger charge is 2.22. The Hall–Kier alpha value is -0.370. The highest BCUT2D eigenvalue weighted by molar-refractivity contribution is 14.0. The van der Waals surface area contributed by atoms with Crippen LogP contribution in [0.5, 0.6) is 0 Å². The van der Waals surface area contributed by atoms with Gasteiger partial charge in [-0.3, -0.25) is 0 Å². The molecule has 0 atom stereocenters. The molecule has 2 rings (SSSR count). The zero-order valence-corrected chi connectivity index (χ0v) is 14.9. The van der Waals surface area contributed by atoms with Gasteiger partial charge in [0.1, 0.15) is 5.01 Å². The highest BCUT2D eigenvalue weighted by Crippen LogP contribution is 2.19. The van der Waals surface area contributed by atoms with Crippen LogP contribution < -0.4 is 10.6 Å². The summed E-state index contributed by atoms with van der Waals surface area (Å²) in [5.41, 5.74) is 1.17. The van der Waals surface area contributed by atoms with Gasteiger partial charge < -0.3 is 10.6 Å². The van der Waals surface area contributed by atoms with E-state index in [0.29, 0.717) is 18.5 Å². The average Bonchev–Trinajstić information content (AvgIpc) is 3.01. The lowest BCUT2D eigenvalue weighted by atomic mass is 10.2. The van der Waals surface area contributed by atoms with Crippen molar-refractivity contribution in [2.45, 2.75) is 52.1 Å². The van der Waals surface area contributed by atoms with Crippen molar-refractivity contribution in [3.05, 3.63) is 16.1 Å². The molecule has 0 spiro atoms. The van der Waals surface area contributed by atoms with Crippen LogP contribution in [-0.4, -0.2) is 23.5 Å². The van der Waals surface area contributed by atoms with E-state index in [1.54, 1.807) is 11.3 Å². The van der Waals surface area contributed by atoms with Crippen molar-refractivity contribution in [2.24, 2.45) is 4.99 Å². The first-order valence-electron chi connectivity index (χ1n) is 6.68. The van der Waals surface area contributed by atoms with Crippen LogP contribution in [-0.2, 0) is 6.54 Å². The highest BCUT2D eigenvalue weighted by atomic mass is 127. The van der Waals surface area contributed by atoms with E-state index >= 15 is 0 Å². The molecular weight excluding hydrogens is 371 g/mol. The molecule has 0 saturated heterocycles. The SMILES string of the molecule is CCNC(=NCc1nc(C(C)C)cs1)NC1CC1.I. The summed E-state index contributed by atoms with van der Waals surface area (Å²) in [5, 5.41) is 9.90. The van der Waals surface area contributed by atoms with Crippen LogP contribution in [0.15, 0.2) is 10.4 Å². The number of aliphatic imine (C=N–C) groups is 1. The Kier molecular flexibility index (Phi) is 7.06. The van der Waals surface area contributed by atoms with Crippen molar-refractivity contribution in [1.29, 1.82) is 0 Å². The fraction of sp³-hybridized carbons (Fsp3) is 0.692. The summed E-state index contributed by atoms with van der Waals surface area (Å²) >= 11 is 1.70. The summed E-state index contributed by atoms with van der Waals surface area (Å²) in [6, 6.07) is 0.630. The van der Waals surface area contributed by atoms with E-state index in [4.69, 9.17) is 0 Å². The molecule has 1 aliphatic rings. The summed E-state index contributed by atoms with van der Waals surface area (Å²) in [6.07, 6.45) is 2.53. The number of aromatic nitrogens is 1. The predicted molar refractivity (Wildman–Crippen MR) is 92.6 cm³/mol. The lowest BCUT2D eigenvalue weighted by Gasteiger charge is -2.09. The van der Waals surface area contributed by atoms with Gasteiger partial charge in [0.05, 0.1) is 12.2 Å². The van der Waals surface area contributed by atoms with E-state index in [-0.39, 0.29) is 24.0 Å². The molecule has 1 saturated carbocycles. The first-order chi connectivity index (χ1) is 8.69. The number of thiazole rings is 1. The molecule has 4 nitrogen and oxygen atoms in total. The first-order valence-corrected chi connectivity index (χ1v) is 7.56. The Morgan fingerprint density at radius 2 is 2.26 bits per heavy atom. The van der Waals surface area contributed by atoms with E-state index in [0.717, 1.165) is 17.5 Å². The standard InChI is InChI=1S/C13H22N4S.HI/c1-4-14-13(16-10-5-6-10)15-7-12-17-11(8-18-12)9(2)3;/h8-10H,4-7H2,1-3H3,(H2,14,15,16);1H. The minimum Gasteiger partial charge on any atom is -0.357 e. The molecule has 2 N–H and O–H groups in total. The monoisotopic (exact) mass is 394 g/mol. The molecule has 0 aliphatic heterocycles. The maximum Gasteiger partial charge on any atom is 0.191 e. The molecule has 0 amide bonds. The summed E-state index contributed by atoms with van der Waals surface area (Å²) in [5.74, 6) is 1.41. The van der Waals surface area contributed by atoms with Gasteiger partial charge in [-0.1, -0.05) is 13.8 Å². The maximum atomic E-state index is 4.59. The molecule has 1 aromatic rings. The van der Waals surface area contributed by atoms with E-state index in [1.165, 1.54) is 18.5 Å². The molecule has 108 valence electrons. The second-order valence-electron chi connectivity index (χ2n) is 4.93. The van der Waals surface area contributed by atoms with Gasteiger partial charge in [0, 0.05) is 18.0 Å². The Balaban J connectivity index is 0.00000180. The molecule has 0 radical (unpaired) electrons. The van der Waals surface area contributed by atoms with Crippen molar-refractivity contribution >= 4 is 41.3 Å². The van der Waals surface area contributed by atoms with E-state index in [9.17, 15) is 0 Å². The van der Waals surface area contributed by atoms with Crippen molar-refractivity contribution in [3.8, 4) is 0 Å². The quantitative estimate of drug-likeness (QED) is 0.459. The van der Waals surface area contributed by atoms with Gasteiger partial charge in [-0.2, -0.15) is 0 Å². The minimum atomic E-state index is 0. The maximum absolute atomic E-state index is 4.59. The van der Waals surface area contributed by atoms with Crippen LogP contribution in [0.1, 0.15) is 50.2 Å². The number of guanidine groups is 1. The topological polar surface area (TPSA) is 49.3 Å². The summed E-state index contributed by atoms with van der Waals surface area (Å²) in [7, 11) is 0. The summed E-state index contributed by atoms with van der Waals surface area (Å²) in [6.45, 7) is 7.99. The fourth-order valence-electron chi connectivity index (χ4n) is 1.55.